The van der Waals surface area contributed by atoms with E-state index in [1.54, 1.807) is 26.0 Å². The number of hydrogen-bond acceptors (Lipinski definition) is 4. The largest absolute Gasteiger partial charge is 0.465 e. The Morgan fingerprint density at radius 2 is 2.16 bits per heavy atom. The van der Waals surface area contributed by atoms with Crippen LogP contribution in [0.1, 0.15) is 27.0 Å². The zero-order valence-corrected chi connectivity index (χ0v) is 10.9. The van der Waals surface area contributed by atoms with Gasteiger partial charge in [0, 0.05) is 5.56 Å². The Balaban J connectivity index is 2.27. The summed E-state index contributed by atoms with van der Waals surface area (Å²) in [6.45, 7) is 2.01. The standard InChI is InChI=1S/C14H17NO4/c1-3-18-12(16)9-15-13(17)10(2)19-14(15)11-7-5-4-6-8-11/h4-8,10,14H,3,9H2,1-2H3/t10-,14+/m0/s1/i9D/t9-,10+,14-/m1. The summed E-state index contributed by atoms with van der Waals surface area (Å²) in [5.74, 6) is -1.13. The maximum atomic E-state index is 12.1. The molecule has 1 saturated heterocycles. The number of amides is 1. The minimum Gasteiger partial charge on any atom is -0.465 e. The summed E-state index contributed by atoms with van der Waals surface area (Å²) in [6, 6.07) is 9.06. The molecule has 2 rings (SSSR count). The number of benzene rings is 1. The molecule has 0 bridgehead atoms. The number of carbonyl (C=O) groups excluding carboxylic acids is 2. The number of rotatable bonds is 4. The molecule has 0 unspecified atom stereocenters. The van der Waals surface area contributed by atoms with E-state index in [1.807, 2.05) is 18.2 Å². The van der Waals surface area contributed by atoms with Crippen molar-refractivity contribution in [1.82, 2.24) is 4.90 Å². The molecule has 3 atom stereocenters. The predicted octanol–water partition coefficient (Wildman–Crippen LogP) is 1.50. The second-order valence-corrected chi connectivity index (χ2v) is 4.17. The molecule has 0 aliphatic carbocycles. The fraction of sp³-hybridized carbons (Fsp3) is 0.429. The predicted molar refractivity (Wildman–Crippen MR) is 68.1 cm³/mol. The fourth-order valence-electron chi connectivity index (χ4n) is 1.92. The Hall–Kier alpha value is -1.88. The molecule has 1 fully saturated rings. The first-order valence-corrected chi connectivity index (χ1v) is 6.17. The second-order valence-electron chi connectivity index (χ2n) is 4.17. The number of ether oxygens (including phenoxy) is 2. The van der Waals surface area contributed by atoms with Crippen LogP contribution >= 0.6 is 0 Å². The highest BCUT2D eigenvalue weighted by molar-refractivity contribution is 5.86. The van der Waals surface area contributed by atoms with Gasteiger partial charge < -0.3 is 9.47 Å². The van der Waals surface area contributed by atoms with Gasteiger partial charge in [0.2, 0.25) is 0 Å². The fourth-order valence-corrected chi connectivity index (χ4v) is 1.92. The molecular weight excluding hydrogens is 246 g/mol. The van der Waals surface area contributed by atoms with Gasteiger partial charge in [-0.1, -0.05) is 30.3 Å². The number of hydrogen-bond donors (Lipinski definition) is 0. The summed E-state index contributed by atoms with van der Waals surface area (Å²) in [7, 11) is 0. The molecule has 0 radical (unpaired) electrons. The van der Waals surface area contributed by atoms with E-state index in [0.29, 0.717) is 0 Å². The quantitative estimate of drug-likeness (QED) is 0.773. The van der Waals surface area contributed by atoms with Crippen LogP contribution in [0.15, 0.2) is 30.3 Å². The van der Waals surface area contributed by atoms with Crippen molar-refractivity contribution in [2.75, 3.05) is 13.1 Å². The Morgan fingerprint density at radius 1 is 1.47 bits per heavy atom. The Bertz CT molecular complexity index is 493. The monoisotopic (exact) mass is 264 g/mol. The van der Waals surface area contributed by atoms with Gasteiger partial charge in [-0.25, -0.2) is 0 Å². The third kappa shape index (κ3) is 2.93. The van der Waals surface area contributed by atoms with Gasteiger partial charge >= 0.3 is 5.97 Å². The zero-order chi connectivity index (χ0) is 14.7. The topological polar surface area (TPSA) is 55.8 Å². The van der Waals surface area contributed by atoms with E-state index in [0.717, 1.165) is 10.5 Å². The first-order chi connectivity index (χ1) is 9.56. The summed E-state index contributed by atoms with van der Waals surface area (Å²) < 4.78 is 18.3. The first-order valence-electron chi connectivity index (χ1n) is 6.75. The number of esters is 1. The van der Waals surface area contributed by atoms with Crippen LogP contribution in [0, 0.1) is 0 Å². The molecule has 1 aromatic carbocycles. The third-order valence-electron chi connectivity index (χ3n) is 2.80. The van der Waals surface area contributed by atoms with Crippen molar-refractivity contribution in [2.24, 2.45) is 0 Å². The van der Waals surface area contributed by atoms with E-state index in [2.05, 4.69) is 0 Å². The lowest BCUT2D eigenvalue weighted by Gasteiger charge is -2.22. The van der Waals surface area contributed by atoms with Crippen LogP contribution in [-0.4, -0.2) is 36.0 Å². The molecule has 5 heteroatoms. The number of nitrogens with zero attached hydrogens (tertiary/aromatic N) is 1. The highest BCUT2D eigenvalue weighted by atomic mass is 16.5. The molecule has 19 heavy (non-hydrogen) atoms. The van der Waals surface area contributed by atoms with Crippen molar-refractivity contribution < 1.29 is 20.4 Å². The molecule has 0 aromatic heterocycles. The van der Waals surface area contributed by atoms with E-state index in [4.69, 9.17) is 10.8 Å². The van der Waals surface area contributed by atoms with E-state index >= 15 is 0 Å². The molecule has 1 aliphatic rings. The highest BCUT2D eigenvalue weighted by Gasteiger charge is 2.39. The molecule has 0 spiro atoms. The van der Waals surface area contributed by atoms with Crippen molar-refractivity contribution in [3.05, 3.63) is 35.9 Å². The van der Waals surface area contributed by atoms with Crippen molar-refractivity contribution in [2.45, 2.75) is 26.2 Å². The highest BCUT2D eigenvalue weighted by Crippen LogP contribution is 2.30. The molecule has 0 saturated carbocycles. The van der Waals surface area contributed by atoms with Crippen LogP contribution in [0.3, 0.4) is 0 Å². The van der Waals surface area contributed by atoms with E-state index < -0.39 is 24.8 Å². The average molecular weight is 264 g/mol. The maximum absolute atomic E-state index is 12.1. The summed E-state index contributed by atoms with van der Waals surface area (Å²) in [4.78, 5) is 24.9. The van der Waals surface area contributed by atoms with E-state index in [-0.39, 0.29) is 12.5 Å². The van der Waals surface area contributed by atoms with Crippen molar-refractivity contribution in [1.29, 1.82) is 0 Å². The summed E-state index contributed by atoms with van der Waals surface area (Å²) in [5.41, 5.74) is 0.728. The summed E-state index contributed by atoms with van der Waals surface area (Å²) in [6.07, 6.45) is -1.41. The lowest BCUT2D eigenvalue weighted by Crippen LogP contribution is -2.35. The Kier molecular flexibility index (Phi) is 3.74. The van der Waals surface area contributed by atoms with Crippen LogP contribution in [0.2, 0.25) is 0 Å². The Labute approximate surface area is 113 Å². The van der Waals surface area contributed by atoms with Crippen LogP contribution in [-0.2, 0) is 19.1 Å². The average Bonchev–Trinajstić information content (AvgIpc) is 2.75. The van der Waals surface area contributed by atoms with Crippen LogP contribution < -0.4 is 0 Å². The second kappa shape index (κ2) is 5.84. The number of carbonyl (C=O) groups is 2. The van der Waals surface area contributed by atoms with Gasteiger partial charge in [0.05, 0.1) is 7.98 Å². The maximum Gasteiger partial charge on any atom is 0.325 e. The van der Waals surface area contributed by atoms with Gasteiger partial charge in [-0.3, -0.25) is 14.5 Å². The van der Waals surface area contributed by atoms with E-state index in [1.165, 1.54) is 0 Å². The molecule has 102 valence electrons. The molecule has 5 nitrogen and oxygen atoms in total. The van der Waals surface area contributed by atoms with E-state index in [9.17, 15) is 9.59 Å². The Morgan fingerprint density at radius 3 is 2.79 bits per heavy atom. The first kappa shape index (κ1) is 12.2. The van der Waals surface area contributed by atoms with Crippen LogP contribution in [0.25, 0.3) is 0 Å². The zero-order valence-electron chi connectivity index (χ0n) is 11.9. The van der Waals surface area contributed by atoms with Crippen LogP contribution in [0.5, 0.6) is 0 Å². The van der Waals surface area contributed by atoms with Crippen molar-refractivity contribution >= 4 is 11.9 Å². The van der Waals surface area contributed by atoms with Gasteiger partial charge in [-0.2, -0.15) is 0 Å². The SMILES string of the molecule is [2H][C@H](C(=O)OCC)N1C(=O)[C@H](C)O[C@@H]1c1ccccc1. The van der Waals surface area contributed by atoms with Crippen molar-refractivity contribution in [3.8, 4) is 0 Å². The van der Waals surface area contributed by atoms with Gasteiger partial charge in [-0.15, -0.1) is 0 Å². The normalized spacial score (nSPS) is 25.1. The molecule has 1 amide bonds. The lowest BCUT2D eigenvalue weighted by atomic mass is 10.2. The van der Waals surface area contributed by atoms with Crippen molar-refractivity contribution in [3.63, 3.8) is 0 Å². The molecule has 1 aliphatic heterocycles. The van der Waals surface area contributed by atoms with Gasteiger partial charge in [0.15, 0.2) is 6.23 Å². The molecule has 0 N–H and O–H groups in total. The molecular formula is C14H17NO4. The lowest BCUT2D eigenvalue weighted by molar-refractivity contribution is -0.149. The summed E-state index contributed by atoms with van der Waals surface area (Å²) >= 11 is 0. The smallest absolute Gasteiger partial charge is 0.325 e. The van der Waals surface area contributed by atoms with Gasteiger partial charge in [-0.05, 0) is 13.8 Å². The van der Waals surface area contributed by atoms with Gasteiger partial charge in [0.25, 0.3) is 5.91 Å². The molecule has 1 aromatic rings. The summed E-state index contributed by atoms with van der Waals surface area (Å²) in [5, 5.41) is 0. The van der Waals surface area contributed by atoms with Crippen LogP contribution in [0.4, 0.5) is 0 Å². The molecule has 1 heterocycles. The van der Waals surface area contributed by atoms with Gasteiger partial charge in [0.1, 0.15) is 12.6 Å². The minimum atomic E-state index is -1.42. The third-order valence-corrected chi connectivity index (χ3v) is 2.80. The minimum absolute atomic E-state index is 0.169.